The molecule has 3 heteroatoms. The molecule has 0 spiro atoms. The molecule has 1 aromatic heterocycles. The first kappa shape index (κ1) is 10.2. The predicted octanol–water partition coefficient (Wildman–Crippen LogP) is 3.42. The summed E-state index contributed by atoms with van der Waals surface area (Å²) in [6.45, 7) is 3.16. The molecule has 0 amide bonds. The summed E-state index contributed by atoms with van der Waals surface area (Å²) in [7, 11) is 0. The van der Waals surface area contributed by atoms with Gasteiger partial charge in [-0.1, -0.05) is 30.7 Å². The van der Waals surface area contributed by atoms with Gasteiger partial charge in [-0.2, -0.15) is 0 Å². The van der Waals surface area contributed by atoms with Gasteiger partial charge >= 0.3 is 0 Å². The number of aryl methyl sites for hydroxylation is 1. The second kappa shape index (κ2) is 3.79. The van der Waals surface area contributed by atoms with Gasteiger partial charge in [-0.25, -0.2) is 0 Å². The lowest BCUT2D eigenvalue weighted by atomic mass is 10.1. The molecule has 84 valence electrons. The zero-order valence-electron chi connectivity index (χ0n) is 9.31. The van der Waals surface area contributed by atoms with Gasteiger partial charge in [-0.3, -0.25) is 0 Å². The number of nitrogens with one attached hydrogen (secondary N) is 2. The number of hydrogen-bond acceptors (Lipinski definition) is 1. The first-order valence-corrected chi connectivity index (χ1v) is 6.21. The fourth-order valence-corrected chi connectivity index (χ4v) is 2.96. The molecule has 1 heterocycles. The Morgan fingerprint density at radius 3 is 3.19 bits per heavy atom. The zero-order chi connectivity index (χ0) is 11.1. The van der Waals surface area contributed by atoms with Crippen LogP contribution in [0.4, 0.5) is 0 Å². The number of aromatic nitrogens is 1. The van der Waals surface area contributed by atoms with Crippen molar-refractivity contribution in [1.82, 2.24) is 10.3 Å². The number of H-pyrrole nitrogens is 1. The lowest BCUT2D eigenvalue weighted by Crippen LogP contribution is -2.18. The van der Waals surface area contributed by atoms with Crippen LogP contribution in [0.2, 0.25) is 5.02 Å². The Balaban J connectivity index is 2.20. The summed E-state index contributed by atoms with van der Waals surface area (Å²) in [5.74, 6) is 0. The lowest BCUT2D eigenvalue weighted by molar-refractivity contribution is 0.551. The topological polar surface area (TPSA) is 27.8 Å². The number of para-hydroxylation sites is 1. The molecule has 2 nitrogen and oxygen atoms in total. The SMILES string of the molecule is CCNC1CCc2[nH]c3c(Cl)cccc3c21. The highest BCUT2D eigenvalue weighted by Gasteiger charge is 2.26. The van der Waals surface area contributed by atoms with E-state index in [9.17, 15) is 0 Å². The molecule has 0 saturated carbocycles. The van der Waals surface area contributed by atoms with Gasteiger partial charge in [0.05, 0.1) is 10.5 Å². The van der Waals surface area contributed by atoms with Crippen molar-refractivity contribution in [3.05, 3.63) is 34.5 Å². The summed E-state index contributed by atoms with van der Waals surface area (Å²) < 4.78 is 0. The van der Waals surface area contributed by atoms with Gasteiger partial charge in [-0.05, 0) is 31.0 Å². The van der Waals surface area contributed by atoms with Crippen molar-refractivity contribution >= 4 is 22.5 Å². The molecule has 16 heavy (non-hydrogen) atoms. The van der Waals surface area contributed by atoms with E-state index in [1.165, 1.54) is 23.1 Å². The Morgan fingerprint density at radius 2 is 2.38 bits per heavy atom. The van der Waals surface area contributed by atoms with Gasteiger partial charge in [0.1, 0.15) is 0 Å². The minimum absolute atomic E-state index is 0.493. The van der Waals surface area contributed by atoms with E-state index in [1.807, 2.05) is 12.1 Å². The summed E-state index contributed by atoms with van der Waals surface area (Å²) in [4.78, 5) is 3.46. The van der Waals surface area contributed by atoms with E-state index in [0.717, 1.165) is 23.5 Å². The Morgan fingerprint density at radius 1 is 1.50 bits per heavy atom. The molecule has 1 unspecified atom stereocenters. The first-order valence-electron chi connectivity index (χ1n) is 5.83. The minimum atomic E-state index is 0.493. The van der Waals surface area contributed by atoms with E-state index in [1.54, 1.807) is 0 Å². The van der Waals surface area contributed by atoms with Gasteiger partial charge in [-0.15, -0.1) is 0 Å². The Hall–Kier alpha value is -0.990. The summed E-state index contributed by atoms with van der Waals surface area (Å²) >= 11 is 6.20. The van der Waals surface area contributed by atoms with Gasteiger partial charge in [0, 0.05) is 17.1 Å². The van der Waals surface area contributed by atoms with Crippen LogP contribution in [0.1, 0.15) is 30.6 Å². The Bertz CT molecular complexity index is 530. The number of rotatable bonds is 2. The largest absolute Gasteiger partial charge is 0.357 e. The van der Waals surface area contributed by atoms with Crippen LogP contribution in [-0.2, 0) is 6.42 Å². The highest BCUT2D eigenvalue weighted by Crippen LogP contribution is 2.38. The maximum Gasteiger partial charge on any atom is 0.0648 e. The van der Waals surface area contributed by atoms with Crippen molar-refractivity contribution in [3.8, 4) is 0 Å². The number of hydrogen-bond donors (Lipinski definition) is 2. The first-order chi connectivity index (χ1) is 7.81. The van der Waals surface area contributed by atoms with E-state index in [4.69, 9.17) is 11.6 Å². The molecule has 0 bridgehead atoms. The summed E-state index contributed by atoms with van der Waals surface area (Å²) in [6.07, 6.45) is 2.31. The monoisotopic (exact) mass is 234 g/mol. The normalized spacial score (nSPS) is 19.2. The van der Waals surface area contributed by atoms with Crippen molar-refractivity contribution in [2.24, 2.45) is 0 Å². The smallest absolute Gasteiger partial charge is 0.0648 e. The summed E-state index contributed by atoms with van der Waals surface area (Å²) in [6, 6.07) is 6.62. The molecule has 1 aromatic carbocycles. The average molecular weight is 235 g/mol. The molecular formula is C13H15ClN2. The molecule has 3 rings (SSSR count). The van der Waals surface area contributed by atoms with Gasteiger partial charge in [0.2, 0.25) is 0 Å². The van der Waals surface area contributed by atoms with E-state index in [2.05, 4.69) is 23.3 Å². The molecule has 1 aliphatic carbocycles. The summed E-state index contributed by atoms with van der Waals surface area (Å²) in [5.41, 5.74) is 3.88. The number of benzene rings is 1. The van der Waals surface area contributed by atoms with E-state index in [-0.39, 0.29) is 0 Å². The van der Waals surface area contributed by atoms with Gasteiger partial charge in [0.25, 0.3) is 0 Å². The van der Waals surface area contributed by atoms with Crippen LogP contribution in [0.5, 0.6) is 0 Å². The van der Waals surface area contributed by atoms with Crippen LogP contribution in [-0.4, -0.2) is 11.5 Å². The molecular weight excluding hydrogens is 220 g/mol. The molecule has 1 aliphatic rings. The third-order valence-corrected chi connectivity index (χ3v) is 3.70. The highest BCUT2D eigenvalue weighted by atomic mass is 35.5. The quantitative estimate of drug-likeness (QED) is 0.819. The second-order valence-corrected chi connectivity index (χ2v) is 4.74. The number of fused-ring (bicyclic) bond motifs is 3. The molecule has 2 N–H and O–H groups in total. The van der Waals surface area contributed by atoms with Crippen LogP contribution in [0.3, 0.4) is 0 Å². The molecule has 1 atom stereocenters. The fourth-order valence-electron chi connectivity index (χ4n) is 2.74. The number of aromatic amines is 1. The van der Waals surface area contributed by atoms with Gasteiger partial charge < -0.3 is 10.3 Å². The van der Waals surface area contributed by atoms with Crippen LogP contribution in [0.15, 0.2) is 18.2 Å². The minimum Gasteiger partial charge on any atom is -0.357 e. The van der Waals surface area contributed by atoms with Crippen LogP contribution in [0, 0.1) is 0 Å². The zero-order valence-corrected chi connectivity index (χ0v) is 10.1. The molecule has 2 aromatic rings. The Labute approximate surface area is 100.0 Å². The van der Waals surface area contributed by atoms with Crippen LogP contribution < -0.4 is 5.32 Å². The fraction of sp³-hybridized carbons (Fsp3) is 0.385. The van der Waals surface area contributed by atoms with Gasteiger partial charge in [0.15, 0.2) is 0 Å². The van der Waals surface area contributed by atoms with Crippen LogP contribution in [0.25, 0.3) is 10.9 Å². The Kier molecular flexibility index (Phi) is 2.41. The van der Waals surface area contributed by atoms with Crippen molar-refractivity contribution in [2.45, 2.75) is 25.8 Å². The van der Waals surface area contributed by atoms with E-state index >= 15 is 0 Å². The molecule has 0 radical (unpaired) electrons. The predicted molar refractivity (Wildman–Crippen MR) is 68.0 cm³/mol. The summed E-state index contributed by atoms with van der Waals surface area (Å²) in [5, 5.41) is 5.64. The van der Waals surface area contributed by atoms with E-state index < -0.39 is 0 Å². The van der Waals surface area contributed by atoms with Crippen molar-refractivity contribution in [1.29, 1.82) is 0 Å². The third-order valence-electron chi connectivity index (χ3n) is 3.39. The van der Waals surface area contributed by atoms with Crippen molar-refractivity contribution < 1.29 is 0 Å². The average Bonchev–Trinajstić information content (AvgIpc) is 2.81. The highest BCUT2D eigenvalue weighted by molar-refractivity contribution is 6.35. The molecule has 0 saturated heterocycles. The lowest BCUT2D eigenvalue weighted by Gasteiger charge is -2.11. The maximum atomic E-state index is 6.20. The third kappa shape index (κ3) is 1.37. The second-order valence-electron chi connectivity index (χ2n) is 4.33. The van der Waals surface area contributed by atoms with Crippen LogP contribution >= 0.6 is 11.6 Å². The molecule has 0 aliphatic heterocycles. The standard InChI is InChI=1S/C13H15ClN2/c1-2-15-10-6-7-11-12(10)8-4-3-5-9(14)13(8)16-11/h3-5,10,15-16H,2,6-7H2,1H3. The number of halogens is 1. The van der Waals surface area contributed by atoms with Crippen molar-refractivity contribution in [2.75, 3.05) is 6.54 Å². The van der Waals surface area contributed by atoms with E-state index in [0.29, 0.717) is 6.04 Å². The molecule has 0 fully saturated rings. The van der Waals surface area contributed by atoms with Crippen molar-refractivity contribution in [3.63, 3.8) is 0 Å². The maximum absolute atomic E-state index is 6.20.